The lowest BCUT2D eigenvalue weighted by Crippen LogP contribution is -2.55. The van der Waals surface area contributed by atoms with E-state index in [1.54, 1.807) is 31.1 Å². The van der Waals surface area contributed by atoms with Gasteiger partial charge in [0, 0.05) is 32.7 Å². The molecular formula is C30H35N3O3. The predicted molar refractivity (Wildman–Crippen MR) is 142 cm³/mol. The van der Waals surface area contributed by atoms with Crippen LogP contribution in [0.5, 0.6) is 0 Å². The SMILES string of the molecule is CN(C)C(=O)C(CCN1CC[C@@H](NC(=O)c2ccccc2)[C@@H](O)C1)(c1ccccc1)c1ccccc1. The minimum atomic E-state index is -0.838. The third-order valence-corrected chi connectivity index (χ3v) is 7.13. The number of carbonyl (C=O) groups excluding carboxylic acids is 2. The molecule has 2 amide bonds. The van der Waals surface area contributed by atoms with Gasteiger partial charge in [-0.2, -0.15) is 0 Å². The van der Waals surface area contributed by atoms with Crippen molar-refractivity contribution in [1.82, 2.24) is 15.1 Å². The fourth-order valence-electron chi connectivity index (χ4n) is 5.17. The minimum absolute atomic E-state index is 0.0328. The molecule has 2 atom stereocenters. The predicted octanol–water partition coefficient (Wildman–Crippen LogP) is 3.32. The van der Waals surface area contributed by atoms with E-state index >= 15 is 0 Å². The Morgan fingerprint density at radius 3 is 1.94 bits per heavy atom. The van der Waals surface area contributed by atoms with Crippen LogP contribution in [0.4, 0.5) is 0 Å². The van der Waals surface area contributed by atoms with Crippen molar-refractivity contribution in [1.29, 1.82) is 0 Å². The van der Waals surface area contributed by atoms with Gasteiger partial charge in [0.15, 0.2) is 0 Å². The normalized spacial score (nSPS) is 18.4. The number of rotatable bonds is 8. The Balaban J connectivity index is 1.51. The Hall–Kier alpha value is -3.48. The van der Waals surface area contributed by atoms with Gasteiger partial charge in [-0.05, 0) is 42.6 Å². The van der Waals surface area contributed by atoms with Crippen LogP contribution in [-0.4, -0.2) is 72.6 Å². The summed E-state index contributed by atoms with van der Waals surface area (Å²) in [5, 5.41) is 13.9. The van der Waals surface area contributed by atoms with Crippen molar-refractivity contribution in [3.05, 3.63) is 108 Å². The molecule has 0 aromatic heterocycles. The molecule has 0 aliphatic carbocycles. The lowest BCUT2D eigenvalue weighted by atomic mass is 9.70. The second-order valence-corrected chi connectivity index (χ2v) is 9.69. The van der Waals surface area contributed by atoms with E-state index in [4.69, 9.17) is 0 Å². The van der Waals surface area contributed by atoms with Crippen molar-refractivity contribution < 1.29 is 14.7 Å². The molecule has 0 unspecified atom stereocenters. The Kier molecular flexibility index (Phi) is 8.18. The van der Waals surface area contributed by atoms with Crippen LogP contribution in [-0.2, 0) is 10.2 Å². The number of carbonyl (C=O) groups is 2. The summed E-state index contributed by atoms with van der Waals surface area (Å²) >= 11 is 0. The smallest absolute Gasteiger partial charge is 0.251 e. The molecule has 36 heavy (non-hydrogen) atoms. The zero-order valence-electron chi connectivity index (χ0n) is 21.0. The molecule has 1 aliphatic rings. The highest BCUT2D eigenvalue weighted by Crippen LogP contribution is 2.38. The first-order valence-corrected chi connectivity index (χ1v) is 12.5. The average Bonchev–Trinajstić information content (AvgIpc) is 2.92. The number of amides is 2. The van der Waals surface area contributed by atoms with E-state index in [2.05, 4.69) is 10.2 Å². The maximum Gasteiger partial charge on any atom is 0.251 e. The maximum atomic E-state index is 13.8. The van der Waals surface area contributed by atoms with E-state index in [0.717, 1.165) is 17.7 Å². The summed E-state index contributed by atoms with van der Waals surface area (Å²) in [5.74, 6) is -0.137. The zero-order valence-corrected chi connectivity index (χ0v) is 21.0. The number of nitrogens with zero attached hydrogens (tertiary/aromatic N) is 2. The van der Waals surface area contributed by atoms with Gasteiger partial charge < -0.3 is 20.2 Å². The van der Waals surface area contributed by atoms with Crippen LogP contribution in [0.15, 0.2) is 91.0 Å². The number of benzene rings is 3. The number of likely N-dealkylation sites (tertiary alicyclic amines) is 1. The monoisotopic (exact) mass is 485 g/mol. The zero-order chi connectivity index (χ0) is 25.5. The highest BCUT2D eigenvalue weighted by molar-refractivity contribution is 5.94. The Morgan fingerprint density at radius 2 is 1.44 bits per heavy atom. The highest BCUT2D eigenvalue weighted by atomic mass is 16.3. The van der Waals surface area contributed by atoms with Gasteiger partial charge in [-0.15, -0.1) is 0 Å². The maximum absolute atomic E-state index is 13.8. The summed E-state index contributed by atoms with van der Waals surface area (Å²) in [4.78, 5) is 30.3. The Morgan fingerprint density at radius 1 is 0.917 bits per heavy atom. The summed E-state index contributed by atoms with van der Waals surface area (Å²) in [6.07, 6.45) is 0.537. The summed E-state index contributed by atoms with van der Waals surface area (Å²) in [6, 6.07) is 28.7. The van der Waals surface area contributed by atoms with Crippen LogP contribution in [0.1, 0.15) is 34.3 Å². The van der Waals surface area contributed by atoms with E-state index in [9.17, 15) is 14.7 Å². The first kappa shape index (κ1) is 25.6. The van der Waals surface area contributed by atoms with Gasteiger partial charge in [0.1, 0.15) is 5.41 Å². The molecule has 6 heteroatoms. The van der Waals surface area contributed by atoms with Crippen molar-refractivity contribution in [2.75, 3.05) is 33.7 Å². The lowest BCUT2D eigenvalue weighted by molar-refractivity contribution is -0.133. The number of piperidine rings is 1. The summed E-state index contributed by atoms with van der Waals surface area (Å²) in [5.41, 5.74) is 1.67. The molecule has 1 aliphatic heterocycles. The van der Waals surface area contributed by atoms with Crippen molar-refractivity contribution in [2.24, 2.45) is 0 Å². The molecule has 4 rings (SSSR count). The number of likely N-dealkylation sites (N-methyl/N-ethyl adjacent to an activating group) is 1. The van der Waals surface area contributed by atoms with Crippen LogP contribution >= 0.6 is 0 Å². The van der Waals surface area contributed by atoms with E-state index in [1.165, 1.54) is 0 Å². The van der Waals surface area contributed by atoms with Crippen LogP contribution in [0.2, 0.25) is 0 Å². The molecule has 3 aromatic carbocycles. The van der Waals surface area contributed by atoms with Gasteiger partial charge in [-0.25, -0.2) is 0 Å². The van der Waals surface area contributed by atoms with Gasteiger partial charge in [-0.3, -0.25) is 9.59 Å². The fourth-order valence-corrected chi connectivity index (χ4v) is 5.17. The third kappa shape index (κ3) is 5.50. The molecule has 188 valence electrons. The first-order chi connectivity index (χ1) is 17.4. The minimum Gasteiger partial charge on any atom is -0.390 e. The molecule has 0 spiro atoms. The van der Waals surface area contributed by atoms with Crippen LogP contribution < -0.4 is 5.32 Å². The largest absolute Gasteiger partial charge is 0.390 e. The van der Waals surface area contributed by atoms with Gasteiger partial charge in [0.05, 0.1) is 12.1 Å². The molecule has 3 aromatic rings. The molecule has 0 bridgehead atoms. The summed E-state index contributed by atoms with van der Waals surface area (Å²) in [7, 11) is 3.60. The van der Waals surface area contributed by atoms with Crippen molar-refractivity contribution >= 4 is 11.8 Å². The van der Waals surface area contributed by atoms with E-state index in [0.29, 0.717) is 31.5 Å². The lowest BCUT2D eigenvalue weighted by Gasteiger charge is -2.40. The molecule has 0 radical (unpaired) electrons. The first-order valence-electron chi connectivity index (χ1n) is 12.5. The molecule has 2 N–H and O–H groups in total. The molecule has 1 saturated heterocycles. The van der Waals surface area contributed by atoms with Crippen LogP contribution in [0, 0.1) is 0 Å². The second kappa shape index (κ2) is 11.5. The number of hydrogen-bond donors (Lipinski definition) is 2. The van der Waals surface area contributed by atoms with Crippen molar-refractivity contribution in [2.45, 2.75) is 30.4 Å². The topological polar surface area (TPSA) is 72.9 Å². The van der Waals surface area contributed by atoms with Crippen molar-refractivity contribution in [3.63, 3.8) is 0 Å². The number of aliphatic hydroxyl groups excluding tert-OH is 1. The quantitative estimate of drug-likeness (QED) is 0.514. The van der Waals surface area contributed by atoms with Crippen LogP contribution in [0.25, 0.3) is 0 Å². The standard InChI is InChI=1S/C30H35N3O3/c1-32(2)29(36)30(24-14-8-4-9-15-24,25-16-10-5-11-17-25)19-21-33-20-18-26(27(34)22-33)31-28(35)23-12-6-3-7-13-23/h3-17,26-27,34H,18-22H2,1-2H3,(H,31,35)/t26-,27+/m1/s1. The van der Waals surface area contributed by atoms with Gasteiger partial charge >= 0.3 is 0 Å². The van der Waals surface area contributed by atoms with E-state index in [-0.39, 0.29) is 17.9 Å². The van der Waals surface area contributed by atoms with Gasteiger partial charge in [0.2, 0.25) is 5.91 Å². The van der Waals surface area contributed by atoms with Gasteiger partial charge in [-0.1, -0.05) is 78.9 Å². The van der Waals surface area contributed by atoms with Crippen LogP contribution in [0.3, 0.4) is 0 Å². The van der Waals surface area contributed by atoms with E-state index in [1.807, 2.05) is 78.9 Å². The number of nitrogens with one attached hydrogen (secondary N) is 1. The number of aliphatic hydroxyl groups is 1. The number of hydrogen-bond acceptors (Lipinski definition) is 4. The van der Waals surface area contributed by atoms with Crippen molar-refractivity contribution in [3.8, 4) is 0 Å². The van der Waals surface area contributed by atoms with E-state index < -0.39 is 11.5 Å². The highest BCUT2D eigenvalue weighted by Gasteiger charge is 2.43. The molecular weight excluding hydrogens is 450 g/mol. The summed E-state index contributed by atoms with van der Waals surface area (Å²) < 4.78 is 0. The molecule has 1 heterocycles. The Bertz CT molecular complexity index is 1100. The second-order valence-electron chi connectivity index (χ2n) is 9.69. The molecule has 6 nitrogen and oxygen atoms in total. The molecule has 0 saturated carbocycles. The average molecular weight is 486 g/mol. The fraction of sp³-hybridized carbons (Fsp3) is 0.333. The Labute approximate surface area is 213 Å². The molecule has 1 fully saturated rings. The number of β-amino-alcohol motifs (C(OH)–C–C–N with tert-alkyl or cyclic N) is 1. The van der Waals surface area contributed by atoms with Gasteiger partial charge in [0.25, 0.3) is 5.91 Å². The third-order valence-electron chi connectivity index (χ3n) is 7.13. The summed E-state index contributed by atoms with van der Waals surface area (Å²) in [6.45, 7) is 1.81.